The maximum atomic E-state index is 13.3. The number of benzene rings is 2. The lowest BCUT2D eigenvalue weighted by molar-refractivity contribution is -0.115. The van der Waals surface area contributed by atoms with Gasteiger partial charge < -0.3 is 9.47 Å². The number of fused-ring (bicyclic) bond motifs is 1. The molecule has 7 heteroatoms. The maximum Gasteiger partial charge on any atom is 0.272 e. The second-order valence-corrected chi connectivity index (χ2v) is 8.80. The summed E-state index contributed by atoms with van der Waals surface area (Å²) in [6, 6.07) is 8.84. The predicted molar refractivity (Wildman–Crippen MR) is 128 cm³/mol. The highest BCUT2D eigenvalue weighted by atomic mass is 16.6. The lowest BCUT2D eigenvalue weighted by atomic mass is 10.0. The number of aldehydes is 1. The minimum atomic E-state index is -0.721. The molecular formula is C26H34N2O5. The highest BCUT2D eigenvalue weighted by molar-refractivity contribution is 6.00. The second-order valence-electron chi connectivity index (χ2n) is 8.80. The largest absolute Gasteiger partial charge is 0.485 e. The van der Waals surface area contributed by atoms with Gasteiger partial charge in [0, 0.05) is 16.7 Å². The van der Waals surface area contributed by atoms with Crippen molar-refractivity contribution in [2.75, 3.05) is 6.61 Å². The van der Waals surface area contributed by atoms with Crippen LogP contribution in [0.25, 0.3) is 0 Å². The van der Waals surface area contributed by atoms with Crippen LogP contribution in [0.4, 0.5) is 0 Å². The van der Waals surface area contributed by atoms with Crippen LogP contribution in [0.5, 0.6) is 11.5 Å². The van der Waals surface area contributed by atoms with E-state index in [2.05, 4.69) is 5.43 Å². The Morgan fingerprint density at radius 1 is 1.06 bits per heavy atom. The minimum absolute atomic E-state index is 0.129. The lowest BCUT2D eigenvalue weighted by Crippen LogP contribution is -2.56. The van der Waals surface area contributed by atoms with Crippen molar-refractivity contribution < 1.29 is 23.9 Å². The van der Waals surface area contributed by atoms with Crippen molar-refractivity contribution in [1.82, 2.24) is 10.4 Å². The summed E-state index contributed by atoms with van der Waals surface area (Å²) in [4.78, 5) is 37.5. The Morgan fingerprint density at radius 2 is 1.67 bits per heavy atom. The third-order valence-corrected chi connectivity index (χ3v) is 4.99. The van der Waals surface area contributed by atoms with Crippen LogP contribution in [-0.2, 0) is 4.79 Å². The molecule has 1 aliphatic rings. The Hall–Kier alpha value is -3.35. The molecule has 33 heavy (non-hydrogen) atoms. The fourth-order valence-corrected chi connectivity index (χ4v) is 3.51. The molecule has 1 heterocycles. The molecule has 2 amide bonds. The molecule has 1 aliphatic heterocycles. The van der Waals surface area contributed by atoms with E-state index in [1.807, 2.05) is 54.5 Å². The van der Waals surface area contributed by atoms with Crippen LogP contribution in [0, 0.1) is 20.8 Å². The molecule has 2 aromatic carbocycles. The molecule has 0 radical (unpaired) electrons. The number of amides is 2. The number of carbonyl (C=O) groups is 3. The zero-order chi connectivity index (χ0) is 24.9. The maximum absolute atomic E-state index is 13.3. The Balaban J connectivity index is 0.00000187. The number of hydrazine groups is 1. The van der Waals surface area contributed by atoms with Crippen LogP contribution < -0.4 is 14.9 Å². The zero-order valence-electron chi connectivity index (χ0n) is 20.7. The van der Waals surface area contributed by atoms with Crippen molar-refractivity contribution >= 4 is 18.1 Å². The van der Waals surface area contributed by atoms with Crippen LogP contribution >= 0.6 is 0 Å². The molecule has 0 aromatic heterocycles. The van der Waals surface area contributed by atoms with Crippen molar-refractivity contribution in [3.05, 3.63) is 58.1 Å². The zero-order valence-corrected chi connectivity index (χ0v) is 20.7. The van der Waals surface area contributed by atoms with Crippen molar-refractivity contribution in [3.63, 3.8) is 0 Å². The lowest BCUT2D eigenvalue weighted by Gasteiger charge is -2.36. The molecule has 0 saturated carbocycles. The highest BCUT2D eigenvalue weighted by Gasteiger charge is 2.31. The van der Waals surface area contributed by atoms with Gasteiger partial charge in [-0.2, -0.15) is 0 Å². The van der Waals surface area contributed by atoms with Gasteiger partial charge in [0.25, 0.3) is 11.8 Å². The SMILES string of the molecule is CC.Cc1cc(C)cc(C(=O)N(NC(=O)c2ccc3c(c2C)OC(C=O)CO3)C(C)(C)C)c1. The Kier molecular flexibility index (Phi) is 8.25. The molecule has 0 aliphatic carbocycles. The van der Waals surface area contributed by atoms with Crippen molar-refractivity contribution in [1.29, 1.82) is 0 Å². The normalized spacial score (nSPS) is 14.5. The Morgan fingerprint density at radius 3 is 2.21 bits per heavy atom. The second kappa shape index (κ2) is 10.5. The van der Waals surface area contributed by atoms with Crippen LogP contribution in [0.15, 0.2) is 30.3 Å². The number of rotatable bonds is 3. The van der Waals surface area contributed by atoms with Gasteiger partial charge in [-0.1, -0.05) is 31.0 Å². The van der Waals surface area contributed by atoms with Gasteiger partial charge in [0.2, 0.25) is 0 Å². The van der Waals surface area contributed by atoms with E-state index in [4.69, 9.17) is 9.47 Å². The molecule has 3 rings (SSSR count). The molecule has 7 nitrogen and oxygen atoms in total. The summed E-state index contributed by atoms with van der Waals surface area (Å²) in [7, 11) is 0. The van der Waals surface area contributed by atoms with Crippen LogP contribution in [0.3, 0.4) is 0 Å². The minimum Gasteiger partial charge on any atom is -0.485 e. The van der Waals surface area contributed by atoms with Crippen molar-refractivity contribution in [3.8, 4) is 11.5 Å². The number of nitrogens with zero attached hydrogens (tertiary/aromatic N) is 1. The molecule has 0 bridgehead atoms. The first kappa shape index (κ1) is 25.9. The molecule has 0 fully saturated rings. The third-order valence-electron chi connectivity index (χ3n) is 4.99. The van der Waals surface area contributed by atoms with E-state index in [9.17, 15) is 14.4 Å². The van der Waals surface area contributed by atoms with Crippen LogP contribution in [0.1, 0.15) is 72.0 Å². The van der Waals surface area contributed by atoms with E-state index in [0.29, 0.717) is 34.5 Å². The summed E-state index contributed by atoms with van der Waals surface area (Å²) in [6.07, 6.45) is -0.0550. The molecule has 1 unspecified atom stereocenters. The first-order valence-electron chi connectivity index (χ1n) is 11.1. The molecule has 1 atom stereocenters. The number of carbonyl (C=O) groups excluding carboxylic acids is 3. The van der Waals surface area contributed by atoms with E-state index in [-0.39, 0.29) is 12.5 Å². The summed E-state index contributed by atoms with van der Waals surface area (Å²) in [5, 5.41) is 1.34. The summed E-state index contributed by atoms with van der Waals surface area (Å²) in [5.74, 6) is 0.0822. The van der Waals surface area contributed by atoms with E-state index in [1.54, 1.807) is 31.2 Å². The highest BCUT2D eigenvalue weighted by Crippen LogP contribution is 2.36. The molecule has 1 N–H and O–H groups in total. The molecule has 178 valence electrons. The smallest absolute Gasteiger partial charge is 0.272 e. The molecular weight excluding hydrogens is 420 g/mol. The van der Waals surface area contributed by atoms with E-state index < -0.39 is 17.6 Å². The topological polar surface area (TPSA) is 84.9 Å². The van der Waals surface area contributed by atoms with Gasteiger partial charge in [0.15, 0.2) is 23.9 Å². The number of nitrogens with one attached hydrogen (secondary N) is 1. The van der Waals surface area contributed by atoms with Gasteiger partial charge in [-0.25, -0.2) is 5.01 Å². The van der Waals surface area contributed by atoms with Crippen molar-refractivity contribution in [2.24, 2.45) is 0 Å². The fraction of sp³-hybridized carbons (Fsp3) is 0.423. The van der Waals surface area contributed by atoms with Crippen LogP contribution in [-0.4, -0.2) is 41.4 Å². The predicted octanol–water partition coefficient (Wildman–Crippen LogP) is 4.56. The van der Waals surface area contributed by atoms with E-state index in [1.165, 1.54) is 5.01 Å². The van der Waals surface area contributed by atoms with Gasteiger partial charge in [0.1, 0.15) is 6.61 Å². The summed E-state index contributed by atoms with van der Waals surface area (Å²) in [6.45, 7) is 15.2. The van der Waals surface area contributed by atoms with Gasteiger partial charge in [-0.3, -0.25) is 19.8 Å². The summed E-state index contributed by atoms with van der Waals surface area (Å²) < 4.78 is 11.2. The van der Waals surface area contributed by atoms with E-state index >= 15 is 0 Å². The molecule has 0 saturated heterocycles. The Bertz CT molecular complexity index is 1020. The van der Waals surface area contributed by atoms with Crippen molar-refractivity contribution in [2.45, 2.75) is 67.0 Å². The number of ether oxygens (including phenoxy) is 2. The first-order valence-corrected chi connectivity index (χ1v) is 11.1. The van der Waals surface area contributed by atoms with Gasteiger partial charge >= 0.3 is 0 Å². The quantitative estimate of drug-likeness (QED) is 0.543. The molecule has 2 aromatic rings. The van der Waals surface area contributed by atoms with E-state index in [0.717, 1.165) is 11.1 Å². The number of aryl methyl sites for hydroxylation is 2. The first-order chi connectivity index (χ1) is 15.5. The summed E-state index contributed by atoms with van der Waals surface area (Å²) >= 11 is 0. The van der Waals surface area contributed by atoms with Gasteiger partial charge in [-0.15, -0.1) is 0 Å². The van der Waals surface area contributed by atoms with Crippen LogP contribution in [0.2, 0.25) is 0 Å². The summed E-state index contributed by atoms with van der Waals surface area (Å²) in [5.41, 5.74) is 5.39. The number of hydrogen-bond acceptors (Lipinski definition) is 5. The number of hydrogen-bond donors (Lipinski definition) is 1. The average molecular weight is 455 g/mol. The van der Waals surface area contributed by atoms with Gasteiger partial charge in [0.05, 0.1) is 5.54 Å². The van der Waals surface area contributed by atoms with Gasteiger partial charge in [-0.05, 0) is 65.8 Å². The standard InChI is InChI=1S/C24H28N2O5.C2H6/c1-14-9-15(2)11-17(10-14)23(29)26(24(4,5)6)25-22(28)19-7-8-20-21(16(19)3)31-18(12-27)13-30-20;1-2/h7-12,18H,13H2,1-6H3,(H,25,28);1-2H3. The monoisotopic (exact) mass is 454 g/mol. The molecule has 0 spiro atoms. The Labute approximate surface area is 196 Å². The third kappa shape index (κ3) is 5.92. The average Bonchev–Trinajstić information content (AvgIpc) is 2.77. The fourth-order valence-electron chi connectivity index (χ4n) is 3.51.